The van der Waals surface area contributed by atoms with Gasteiger partial charge in [-0.3, -0.25) is 4.79 Å². The Bertz CT molecular complexity index is 259. The van der Waals surface area contributed by atoms with Crippen LogP contribution in [0.5, 0.6) is 0 Å². The van der Waals surface area contributed by atoms with Crippen LogP contribution in [0.2, 0.25) is 0 Å². The van der Waals surface area contributed by atoms with Crippen molar-refractivity contribution < 1.29 is 9.53 Å². The minimum Gasteiger partial charge on any atom is -0.378 e. The highest BCUT2D eigenvalue weighted by molar-refractivity contribution is 9.09. The van der Waals surface area contributed by atoms with Crippen LogP contribution in [0.1, 0.15) is 39.0 Å². The molecule has 92 valence electrons. The first-order chi connectivity index (χ1) is 7.66. The molecule has 0 spiro atoms. The van der Waals surface area contributed by atoms with Crippen LogP contribution in [0, 0.1) is 5.92 Å². The van der Waals surface area contributed by atoms with Crippen LogP contribution in [-0.4, -0.2) is 29.5 Å². The quantitative estimate of drug-likeness (QED) is 0.792. The van der Waals surface area contributed by atoms with Gasteiger partial charge in [-0.05, 0) is 26.2 Å². The molecule has 1 amide bonds. The first-order valence-corrected chi connectivity index (χ1v) is 7.14. The Labute approximate surface area is 105 Å². The van der Waals surface area contributed by atoms with E-state index in [2.05, 4.69) is 21.2 Å². The molecular formula is C12H20BrNO2. The molecular weight excluding hydrogens is 270 g/mol. The van der Waals surface area contributed by atoms with Gasteiger partial charge < -0.3 is 10.1 Å². The maximum Gasteiger partial charge on any atom is 0.225 e. The average Bonchev–Trinajstić information content (AvgIpc) is 2.68. The number of ether oxygens (including phenoxy) is 1. The molecule has 1 heterocycles. The maximum atomic E-state index is 12.0. The van der Waals surface area contributed by atoms with E-state index in [-0.39, 0.29) is 17.9 Å². The van der Waals surface area contributed by atoms with E-state index in [9.17, 15) is 4.79 Å². The standard InChI is InChI=1S/C12H20BrNO2/c1-8-6-9(7-16-8)12(15)14-11-5-3-2-4-10(11)13/h8-11H,2-7H2,1H3,(H,14,15). The van der Waals surface area contributed by atoms with Gasteiger partial charge >= 0.3 is 0 Å². The summed E-state index contributed by atoms with van der Waals surface area (Å²) in [5, 5.41) is 3.17. The second kappa shape index (κ2) is 5.50. The van der Waals surface area contributed by atoms with Crippen LogP contribution >= 0.6 is 15.9 Å². The lowest BCUT2D eigenvalue weighted by atomic mass is 9.94. The predicted molar refractivity (Wildman–Crippen MR) is 66.6 cm³/mol. The molecule has 2 aliphatic rings. The van der Waals surface area contributed by atoms with Crippen LogP contribution in [0.3, 0.4) is 0 Å². The molecule has 0 radical (unpaired) electrons. The van der Waals surface area contributed by atoms with Gasteiger partial charge in [0, 0.05) is 10.9 Å². The summed E-state index contributed by atoms with van der Waals surface area (Å²) < 4.78 is 5.43. The zero-order valence-electron chi connectivity index (χ0n) is 9.75. The van der Waals surface area contributed by atoms with Crippen LogP contribution in [0.4, 0.5) is 0 Å². The van der Waals surface area contributed by atoms with Crippen molar-refractivity contribution in [2.45, 2.75) is 56.0 Å². The number of hydrogen-bond donors (Lipinski definition) is 1. The number of halogens is 1. The van der Waals surface area contributed by atoms with Gasteiger partial charge in [0.2, 0.25) is 5.91 Å². The molecule has 4 unspecified atom stereocenters. The molecule has 2 fully saturated rings. The fourth-order valence-electron chi connectivity index (χ4n) is 2.55. The van der Waals surface area contributed by atoms with E-state index in [0.29, 0.717) is 17.5 Å². The van der Waals surface area contributed by atoms with Gasteiger partial charge in [-0.2, -0.15) is 0 Å². The normalized spacial score (nSPS) is 39.6. The lowest BCUT2D eigenvalue weighted by Crippen LogP contribution is -2.45. The van der Waals surface area contributed by atoms with Gasteiger partial charge in [-0.25, -0.2) is 0 Å². The number of carbonyl (C=O) groups excluding carboxylic acids is 1. The molecule has 0 aromatic carbocycles. The Hall–Kier alpha value is -0.0900. The zero-order chi connectivity index (χ0) is 11.5. The molecule has 3 nitrogen and oxygen atoms in total. The third-order valence-electron chi connectivity index (χ3n) is 3.58. The van der Waals surface area contributed by atoms with Gasteiger partial charge in [0.25, 0.3) is 0 Å². The third kappa shape index (κ3) is 2.98. The highest BCUT2D eigenvalue weighted by Gasteiger charge is 2.31. The largest absolute Gasteiger partial charge is 0.378 e. The summed E-state index contributed by atoms with van der Waals surface area (Å²) in [6.07, 6.45) is 5.87. The molecule has 2 rings (SSSR count). The Morgan fingerprint density at radius 2 is 2.12 bits per heavy atom. The van der Waals surface area contributed by atoms with Gasteiger partial charge in [0.15, 0.2) is 0 Å². The van der Waals surface area contributed by atoms with Crippen LogP contribution in [-0.2, 0) is 9.53 Å². The van der Waals surface area contributed by atoms with Crippen LogP contribution < -0.4 is 5.32 Å². The van der Waals surface area contributed by atoms with E-state index in [0.717, 1.165) is 12.8 Å². The monoisotopic (exact) mass is 289 g/mol. The van der Waals surface area contributed by atoms with E-state index in [1.54, 1.807) is 0 Å². The van der Waals surface area contributed by atoms with Crippen molar-refractivity contribution in [3.8, 4) is 0 Å². The molecule has 4 heteroatoms. The summed E-state index contributed by atoms with van der Waals surface area (Å²) in [6, 6.07) is 0.317. The van der Waals surface area contributed by atoms with Gasteiger partial charge in [-0.15, -0.1) is 0 Å². The van der Waals surface area contributed by atoms with Crippen LogP contribution in [0.15, 0.2) is 0 Å². The first kappa shape index (κ1) is 12.4. The van der Waals surface area contributed by atoms with Crippen molar-refractivity contribution in [3.63, 3.8) is 0 Å². The molecule has 1 aliphatic carbocycles. The number of alkyl halides is 1. The highest BCUT2D eigenvalue weighted by atomic mass is 79.9. The summed E-state index contributed by atoms with van der Waals surface area (Å²) in [6.45, 7) is 2.62. The van der Waals surface area contributed by atoms with Crippen LogP contribution in [0.25, 0.3) is 0 Å². The second-order valence-corrected chi connectivity index (χ2v) is 6.17. The Balaban J connectivity index is 1.82. The molecule has 0 bridgehead atoms. The van der Waals surface area contributed by atoms with E-state index >= 15 is 0 Å². The SMILES string of the molecule is CC1CC(C(=O)NC2CCCCC2Br)CO1. The number of rotatable bonds is 2. The number of carbonyl (C=O) groups is 1. The lowest BCUT2D eigenvalue weighted by molar-refractivity contribution is -0.125. The molecule has 1 aliphatic heterocycles. The lowest BCUT2D eigenvalue weighted by Gasteiger charge is -2.29. The van der Waals surface area contributed by atoms with Gasteiger partial charge in [-0.1, -0.05) is 28.8 Å². The zero-order valence-corrected chi connectivity index (χ0v) is 11.3. The molecule has 4 atom stereocenters. The summed E-state index contributed by atoms with van der Waals surface area (Å²) in [5.74, 6) is 0.248. The first-order valence-electron chi connectivity index (χ1n) is 6.23. The molecule has 16 heavy (non-hydrogen) atoms. The molecule has 0 aromatic heterocycles. The average molecular weight is 290 g/mol. The van der Waals surface area contributed by atoms with Crippen molar-refractivity contribution >= 4 is 21.8 Å². The molecule has 1 N–H and O–H groups in total. The fraction of sp³-hybridized carbons (Fsp3) is 0.917. The van der Waals surface area contributed by atoms with Gasteiger partial charge in [0.05, 0.1) is 18.6 Å². The molecule has 0 aromatic rings. The third-order valence-corrected chi connectivity index (χ3v) is 4.67. The summed E-state index contributed by atoms with van der Waals surface area (Å²) in [5.41, 5.74) is 0. The van der Waals surface area contributed by atoms with E-state index in [1.807, 2.05) is 6.92 Å². The van der Waals surface area contributed by atoms with E-state index < -0.39 is 0 Å². The van der Waals surface area contributed by atoms with Crippen molar-refractivity contribution in [3.05, 3.63) is 0 Å². The minimum absolute atomic E-state index is 0.0663. The number of nitrogens with one attached hydrogen (secondary N) is 1. The van der Waals surface area contributed by atoms with Crippen molar-refractivity contribution in [2.24, 2.45) is 5.92 Å². The second-order valence-electron chi connectivity index (χ2n) is 4.99. The summed E-state index contributed by atoms with van der Waals surface area (Å²) in [7, 11) is 0. The maximum absolute atomic E-state index is 12.0. The fourth-order valence-corrected chi connectivity index (χ4v) is 3.27. The highest BCUT2D eigenvalue weighted by Crippen LogP contribution is 2.26. The van der Waals surface area contributed by atoms with Crippen molar-refractivity contribution in [1.82, 2.24) is 5.32 Å². The minimum atomic E-state index is 0.0663. The topological polar surface area (TPSA) is 38.3 Å². The number of amides is 1. The summed E-state index contributed by atoms with van der Waals surface area (Å²) >= 11 is 3.66. The Morgan fingerprint density at radius 1 is 1.38 bits per heavy atom. The number of hydrogen-bond acceptors (Lipinski definition) is 2. The van der Waals surface area contributed by atoms with Crippen molar-refractivity contribution in [2.75, 3.05) is 6.61 Å². The van der Waals surface area contributed by atoms with E-state index in [4.69, 9.17) is 4.74 Å². The van der Waals surface area contributed by atoms with E-state index in [1.165, 1.54) is 19.3 Å². The summed E-state index contributed by atoms with van der Waals surface area (Å²) in [4.78, 5) is 12.4. The van der Waals surface area contributed by atoms with Crippen molar-refractivity contribution in [1.29, 1.82) is 0 Å². The Morgan fingerprint density at radius 3 is 2.75 bits per heavy atom. The molecule has 1 saturated heterocycles. The molecule has 1 saturated carbocycles. The van der Waals surface area contributed by atoms with Gasteiger partial charge in [0.1, 0.15) is 0 Å². The predicted octanol–water partition coefficient (Wildman–Crippen LogP) is 2.23. The smallest absolute Gasteiger partial charge is 0.225 e. The Kier molecular flexibility index (Phi) is 4.25.